The topological polar surface area (TPSA) is 66.9 Å². The lowest BCUT2D eigenvalue weighted by Gasteiger charge is -2.38. The van der Waals surface area contributed by atoms with Crippen LogP contribution in [0.4, 0.5) is 0 Å². The molecule has 2 saturated heterocycles. The highest BCUT2D eigenvalue weighted by atomic mass is 16.5. The summed E-state index contributed by atoms with van der Waals surface area (Å²) < 4.78 is 4.88. The van der Waals surface area contributed by atoms with Gasteiger partial charge in [0.2, 0.25) is 11.8 Å². The summed E-state index contributed by atoms with van der Waals surface area (Å²) in [7, 11) is 1.36. The maximum atomic E-state index is 13.3. The van der Waals surface area contributed by atoms with E-state index in [0.717, 1.165) is 32.1 Å². The molecule has 1 aromatic rings. The number of fused-ring (bicyclic) bond motifs is 1. The quantitative estimate of drug-likeness (QED) is 0.732. The first kappa shape index (κ1) is 19.9. The van der Waals surface area contributed by atoms with Crippen LogP contribution >= 0.6 is 0 Å². The van der Waals surface area contributed by atoms with Gasteiger partial charge in [-0.3, -0.25) is 9.59 Å². The average molecular weight is 399 g/mol. The van der Waals surface area contributed by atoms with Crippen LogP contribution < -0.4 is 0 Å². The molecule has 3 atom stereocenters. The summed E-state index contributed by atoms with van der Waals surface area (Å²) in [4.78, 5) is 42.0. The third-order valence-electron chi connectivity index (χ3n) is 6.80. The van der Waals surface area contributed by atoms with Gasteiger partial charge in [0, 0.05) is 19.5 Å². The van der Waals surface area contributed by atoms with E-state index in [9.17, 15) is 14.4 Å². The molecule has 2 amide bonds. The highest BCUT2D eigenvalue weighted by molar-refractivity contribution is 5.91. The molecule has 29 heavy (non-hydrogen) atoms. The number of methoxy groups -OCH3 is 1. The van der Waals surface area contributed by atoms with Crippen molar-refractivity contribution in [2.75, 3.05) is 20.2 Å². The van der Waals surface area contributed by atoms with E-state index in [-0.39, 0.29) is 23.7 Å². The molecule has 6 nitrogen and oxygen atoms in total. The van der Waals surface area contributed by atoms with Gasteiger partial charge in [0.25, 0.3) is 0 Å². The second kappa shape index (κ2) is 8.56. The fraction of sp³-hybridized carbons (Fsp3) is 0.609. The van der Waals surface area contributed by atoms with E-state index in [0.29, 0.717) is 32.4 Å². The highest BCUT2D eigenvalue weighted by Gasteiger charge is 2.41. The first-order valence-corrected chi connectivity index (χ1v) is 10.9. The average Bonchev–Trinajstić information content (AvgIpc) is 3.40. The zero-order valence-corrected chi connectivity index (χ0v) is 17.1. The van der Waals surface area contributed by atoms with Crippen molar-refractivity contribution in [2.24, 2.45) is 0 Å². The summed E-state index contributed by atoms with van der Waals surface area (Å²) >= 11 is 0. The van der Waals surface area contributed by atoms with Gasteiger partial charge in [0.15, 0.2) is 0 Å². The van der Waals surface area contributed by atoms with E-state index in [1.807, 2.05) is 6.07 Å². The number of hydrogen-bond acceptors (Lipinski definition) is 4. The van der Waals surface area contributed by atoms with E-state index in [2.05, 4.69) is 18.2 Å². The lowest BCUT2D eigenvalue weighted by Crippen LogP contribution is -2.55. The van der Waals surface area contributed by atoms with E-state index in [1.165, 1.54) is 18.2 Å². The van der Waals surface area contributed by atoms with Gasteiger partial charge in [0.1, 0.15) is 12.1 Å². The molecule has 2 fully saturated rings. The number of esters is 1. The molecule has 0 spiro atoms. The number of nitrogens with zero attached hydrogens (tertiary/aromatic N) is 2. The van der Waals surface area contributed by atoms with Crippen LogP contribution in [0.25, 0.3) is 0 Å². The molecule has 2 unspecified atom stereocenters. The molecule has 4 rings (SSSR count). The van der Waals surface area contributed by atoms with Crippen LogP contribution in [0.1, 0.15) is 62.0 Å². The van der Waals surface area contributed by atoms with Gasteiger partial charge in [-0.05, 0) is 62.0 Å². The lowest BCUT2D eigenvalue weighted by molar-refractivity contribution is -0.155. The molecule has 0 aromatic heterocycles. The summed E-state index contributed by atoms with van der Waals surface area (Å²) in [6.07, 6.45) is 6.44. The van der Waals surface area contributed by atoms with Gasteiger partial charge in [-0.1, -0.05) is 24.3 Å². The summed E-state index contributed by atoms with van der Waals surface area (Å²) in [6.45, 7) is 1.19. The summed E-state index contributed by atoms with van der Waals surface area (Å²) in [5, 5.41) is 0. The van der Waals surface area contributed by atoms with Crippen LogP contribution in [0.3, 0.4) is 0 Å². The Morgan fingerprint density at radius 2 is 1.72 bits per heavy atom. The normalized spacial score (nSPS) is 26.3. The Hall–Kier alpha value is -2.37. The van der Waals surface area contributed by atoms with Crippen molar-refractivity contribution >= 4 is 17.8 Å². The largest absolute Gasteiger partial charge is 0.467 e. The summed E-state index contributed by atoms with van der Waals surface area (Å²) in [6, 6.07) is 7.41. The number of hydrogen-bond donors (Lipinski definition) is 0. The number of amides is 2. The fourth-order valence-electron chi connectivity index (χ4n) is 5.28. The second-order valence-corrected chi connectivity index (χ2v) is 8.45. The number of piperidine rings is 1. The van der Waals surface area contributed by atoms with Crippen molar-refractivity contribution in [1.82, 2.24) is 9.80 Å². The van der Waals surface area contributed by atoms with Crippen molar-refractivity contribution < 1.29 is 19.1 Å². The third-order valence-corrected chi connectivity index (χ3v) is 6.80. The molecule has 0 saturated carbocycles. The molecule has 1 aliphatic carbocycles. The Morgan fingerprint density at radius 1 is 0.966 bits per heavy atom. The highest BCUT2D eigenvalue weighted by Crippen LogP contribution is 2.36. The Balaban J connectivity index is 1.47. The van der Waals surface area contributed by atoms with E-state index in [4.69, 9.17) is 4.74 Å². The lowest BCUT2D eigenvalue weighted by atomic mass is 9.94. The molecule has 6 heteroatoms. The smallest absolute Gasteiger partial charge is 0.328 e. The Labute approximate surface area is 172 Å². The molecule has 156 valence electrons. The van der Waals surface area contributed by atoms with Crippen molar-refractivity contribution in [3.05, 3.63) is 35.4 Å². The Kier molecular flexibility index (Phi) is 5.88. The standard InChI is InChI=1S/C23H30N2O4/c1-29-23(28)20-10-6-14-25(20)22(27)19-9-4-5-13-24(19)21(26)15-17-12-11-16-7-2-3-8-18(16)17/h2-3,7-8,17,19-20H,4-6,9-15H2,1H3/t17?,19?,20-/m0/s1. The molecule has 0 radical (unpaired) electrons. The molecular formula is C23H30N2O4. The van der Waals surface area contributed by atoms with Gasteiger partial charge >= 0.3 is 5.97 Å². The minimum atomic E-state index is -0.506. The molecule has 0 bridgehead atoms. The predicted molar refractivity (Wildman–Crippen MR) is 108 cm³/mol. The summed E-state index contributed by atoms with van der Waals surface area (Å²) in [5.74, 6) is -0.130. The minimum Gasteiger partial charge on any atom is -0.467 e. The van der Waals surface area contributed by atoms with Gasteiger partial charge in [0.05, 0.1) is 7.11 Å². The number of carbonyl (C=O) groups excluding carboxylic acids is 3. The van der Waals surface area contributed by atoms with Gasteiger partial charge in [-0.2, -0.15) is 0 Å². The van der Waals surface area contributed by atoms with E-state index >= 15 is 0 Å². The zero-order chi connectivity index (χ0) is 20.4. The molecule has 2 heterocycles. The van der Waals surface area contributed by atoms with Gasteiger partial charge in [-0.25, -0.2) is 4.79 Å². The first-order valence-electron chi connectivity index (χ1n) is 10.9. The number of aryl methyl sites for hydroxylation is 1. The van der Waals surface area contributed by atoms with Crippen LogP contribution in [-0.4, -0.2) is 59.9 Å². The summed E-state index contributed by atoms with van der Waals surface area (Å²) in [5.41, 5.74) is 2.63. The first-order chi connectivity index (χ1) is 14.1. The van der Waals surface area contributed by atoms with E-state index < -0.39 is 12.1 Å². The maximum Gasteiger partial charge on any atom is 0.328 e. The SMILES string of the molecule is COC(=O)[C@@H]1CCCN1C(=O)C1CCCCN1C(=O)CC1CCc2ccccc21. The Morgan fingerprint density at radius 3 is 2.55 bits per heavy atom. The van der Waals surface area contributed by atoms with Crippen LogP contribution in [0.2, 0.25) is 0 Å². The second-order valence-electron chi connectivity index (χ2n) is 8.45. The number of carbonyl (C=O) groups is 3. The number of ether oxygens (including phenoxy) is 1. The number of benzene rings is 1. The monoisotopic (exact) mass is 398 g/mol. The Bertz CT molecular complexity index is 793. The van der Waals surface area contributed by atoms with Gasteiger partial charge < -0.3 is 14.5 Å². The predicted octanol–water partition coefficient (Wildman–Crippen LogP) is 2.65. The fourth-order valence-corrected chi connectivity index (χ4v) is 5.28. The number of rotatable bonds is 4. The molecule has 3 aliphatic rings. The molecule has 1 aromatic carbocycles. The van der Waals surface area contributed by atoms with Crippen LogP contribution in [0.15, 0.2) is 24.3 Å². The minimum absolute atomic E-state index is 0.0681. The van der Waals surface area contributed by atoms with Gasteiger partial charge in [-0.15, -0.1) is 0 Å². The molecular weight excluding hydrogens is 368 g/mol. The van der Waals surface area contributed by atoms with Crippen molar-refractivity contribution in [3.8, 4) is 0 Å². The van der Waals surface area contributed by atoms with Crippen molar-refractivity contribution in [2.45, 2.75) is 69.4 Å². The zero-order valence-electron chi connectivity index (χ0n) is 17.1. The number of likely N-dealkylation sites (tertiary alicyclic amines) is 2. The molecule has 0 N–H and O–H groups in total. The van der Waals surface area contributed by atoms with Crippen LogP contribution in [0.5, 0.6) is 0 Å². The third kappa shape index (κ3) is 3.89. The van der Waals surface area contributed by atoms with Crippen LogP contribution in [-0.2, 0) is 25.5 Å². The van der Waals surface area contributed by atoms with Crippen molar-refractivity contribution in [1.29, 1.82) is 0 Å². The van der Waals surface area contributed by atoms with Crippen molar-refractivity contribution in [3.63, 3.8) is 0 Å². The van der Waals surface area contributed by atoms with Crippen LogP contribution in [0, 0.1) is 0 Å². The van der Waals surface area contributed by atoms with E-state index in [1.54, 1.807) is 9.80 Å². The molecule has 2 aliphatic heterocycles. The maximum absolute atomic E-state index is 13.3.